The van der Waals surface area contributed by atoms with E-state index in [-0.39, 0.29) is 11.9 Å². The van der Waals surface area contributed by atoms with Crippen LogP contribution in [0.25, 0.3) is 10.8 Å². The first-order valence-corrected chi connectivity index (χ1v) is 9.72. The number of methoxy groups -OCH3 is 3. The van der Waals surface area contributed by atoms with Gasteiger partial charge in [-0.05, 0) is 23.6 Å². The van der Waals surface area contributed by atoms with Crippen LogP contribution in [0.5, 0.6) is 17.2 Å². The maximum Gasteiger partial charge on any atom is 0.240 e. The molecule has 0 fully saturated rings. The van der Waals surface area contributed by atoms with Gasteiger partial charge in [0.15, 0.2) is 0 Å². The van der Waals surface area contributed by atoms with Gasteiger partial charge >= 0.3 is 0 Å². The summed E-state index contributed by atoms with van der Waals surface area (Å²) < 4.78 is 16.7. The van der Waals surface area contributed by atoms with Crippen molar-refractivity contribution in [1.82, 2.24) is 5.01 Å². The first kappa shape index (κ1) is 19.8. The SMILES string of the molecule is COc1ccc(OC)c(C2=NN(C(C)=O)C(c3ccc4ccccc4c3OC)C2)c1. The average molecular weight is 404 g/mol. The molecule has 1 aliphatic rings. The Bertz CT molecular complexity index is 1140. The number of hydrogen-bond donors (Lipinski definition) is 0. The molecule has 3 aromatic rings. The van der Waals surface area contributed by atoms with E-state index >= 15 is 0 Å². The molecule has 1 aliphatic heterocycles. The number of rotatable bonds is 5. The van der Waals surface area contributed by atoms with Gasteiger partial charge in [0.25, 0.3) is 0 Å². The molecule has 0 aliphatic carbocycles. The van der Waals surface area contributed by atoms with Gasteiger partial charge in [-0.2, -0.15) is 5.10 Å². The molecule has 1 heterocycles. The lowest BCUT2D eigenvalue weighted by molar-refractivity contribution is -0.130. The Morgan fingerprint density at radius 1 is 1.00 bits per heavy atom. The third kappa shape index (κ3) is 3.34. The van der Waals surface area contributed by atoms with Gasteiger partial charge in [0.2, 0.25) is 5.91 Å². The van der Waals surface area contributed by atoms with Gasteiger partial charge in [0.1, 0.15) is 17.2 Å². The second kappa shape index (κ2) is 8.06. The normalized spacial score (nSPS) is 15.8. The van der Waals surface area contributed by atoms with E-state index in [4.69, 9.17) is 14.2 Å². The van der Waals surface area contributed by atoms with Crippen LogP contribution < -0.4 is 14.2 Å². The molecular weight excluding hydrogens is 380 g/mol. The lowest BCUT2D eigenvalue weighted by atomic mass is 9.94. The number of carbonyl (C=O) groups excluding carboxylic acids is 1. The fourth-order valence-corrected chi connectivity index (χ4v) is 4.00. The first-order chi connectivity index (χ1) is 14.6. The van der Waals surface area contributed by atoms with Crippen molar-refractivity contribution in [1.29, 1.82) is 0 Å². The summed E-state index contributed by atoms with van der Waals surface area (Å²) >= 11 is 0. The van der Waals surface area contributed by atoms with Crippen molar-refractivity contribution >= 4 is 22.4 Å². The molecule has 0 aromatic heterocycles. The smallest absolute Gasteiger partial charge is 0.240 e. The largest absolute Gasteiger partial charge is 0.497 e. The van der Waals surface area contributed by atoms with Gasteiger partial charge in [0, 0.05) is 29.9 Å². The summed E-state index contributed by atoms with van der Waals surface area (Å²) in [4.78, 5) is 12.5. The summed E-state index contributed by atoms with van der Waals surface area (Å²) in [6.07, 6.45) is 0.539. The highest BCUT2D eigenvalue weighted by atomic mass is 16.5. The Morgan fingerprint density at radius 3 is 2.50 bits per heavy atom. The van der Waals surface area contributed by atoms with Crippen LogP contribution in [0, 0.1) is 0 Å². The summed E-state index contributed by atoms with van der Waals surface area (Å²) in [7, 11) is 4.89. The highest BCUT2D eigenvalue weighted by molar-refractivity contribution is 6.05. The van der Waals surface area contributed by atoms with E-state index in [9.17, 15) is 4.79 Å². The summed E-state index contributed by atoms with van der Waals surface area (Å²) in [5.74, 6) is 2.02. The molecule has 0 saturated heterocycles. The second-order valence-electron chi connectivity index (χ2n) is 7.11. The molecule has 154 valence electrons. The van der Waals surface area contributed by atoms with Crippen LogP contribution in [-0.4, -0.2) is 38.0 Å². The van der Waals surface area contributed by atoms with Crippen molar-refractivity contribution in [2.24, 2.45) is 5.10 Å². The predicted molar refractivity (Wildman–Crippen MR) is 116 cm³/mol. The molecular formula is C24H24N2O4. The minimum absolute atomic E-state index is 0.132. The molecule has 1 atom stereocenters. The van der Waals surface area contributed by atoms with Gasteiger partial charge in [0.05, 0.1) is 33.1 Å². The molecule has 0 spiro atoms. The Morgan fingerprint density at radius 2 is 1.80 bits per heavy atom. The maximum atomic E-state index is 12.5. The van der Waals surface area contributed by atoms with Crippen LogP contribution in [0.3, 0.4) is 0 Å². The summed E-state index contributed by atoms with van der Waals surface area (Å²) in [5.41, 5.74) is 2.50. The summed E-state index contributed by atoms with van der Waals surface area (Å²) in [6, 6.07) is 17.4. The van der Waals surface area contributed by atoms with Crippen molar-refractivity contribution in [3.8, 4) is 17.2 Å². The van der Waals surface area contributed by atoms with E-state index in [1.54, 1.807) is 21.3 Å². The minimum atomic E-state index is -0.270. The van der Waals surface area contributed by atoms with Crippen molar-refractivity contribution in [2.45, 2.75) is 19.4 Å². The number of fused-ring (bicyclic) bond motifs is 1. The van der Waals surface area contributed by atoms with E-state index in [0.29, 0.717) is 17.9 Å². The highest BCUT2D eigenvalue weighted by Crippen LogP contribution is 2.42. The van der Waals surface area contributed by atoms with Gasteiger partial charge in [-0.3, -0.25) is 4.79 Å². The van der Waals surface area contributed by atoms with Gasteiger partial charge < -0.3 is 14.2 Å². The van der Waals surface area contributed by atoms with Crippen LogP contribution in [0.2, 0.25) is 0 Å². The topological polar surface area (TPSA) is 60.4 Å². The second-order valence-corrected chi connectivity index (χ2v) is 7.11. The zero-order valence-electron chi connectivity index (χ0n) is 17.5. The number of nitrogens with zero attached hydrogens (tertiary/aromatic N) is 2. The van der Waals surface area contributed by atoms with E-state index in [1.165, 1.54) is 11.9 Å². The van der Waals surface area contributed by atoms with Crippen LogP contribution in [0.4, 0.5) is 0 Å². The fraction of sp³-hybridized carbons (Fsp3) is 0.250. The van der Waals surface area contributed by atoms with Crippen molar-refractivity contribution in [3.63, 3.8) is 0 Å². The zero-order valence-corrected chi connectivity index (χ0v) is 17.5. The number of ether oxygens (including phenoxy) is 3. The van der Waals surface area contributed by atoms with Crippen LogP contribution in [0.1, 0.15) is 30.5 Å². The molecule has 0 N–H and O–H groups in total. The number of amides is 1. The number of carbonyl (C=O) groups is 1. The van der Waals surface area contributed by atoms with Gasteiger partial charge in [-0.25, -0.2) is 5.01 Å². The molecule has 1 unspecified atom stereocenters. The van der Waals surface area contributed by atoms with Crippen molar-refractivity contribution in [3.05, 3.63) is 65.7 Å². The van der Waals surface area contributed by atoms with Gasteiger partial charge in [-0.15, -0.1) is 0 Å². The summed E-state index contributed by atoms with van der Waals surface area (Å²) in [5, 5.41) is 8.29. The molecule has 0 radical (unpaired) electrons. The number of hydrazone groups is 1. The van der Waals surface area contributed by atoms with E-state index in [0.717, 1.165) is 33.4 Å². The number of hydrogen-bond acceptors (Lipinski definition) is 5. The Hall–Kier alpha value is -3.54. The molecule has 4 rings (SSSR count). The highest BCUT2D eigenvalue weighted by Gasteiger charge is 2.34. The molecule has 6 heteroatoms. The molecule has 6 nitrogen and oxygen atoms in total. The Labute approximate surface area is 175 Å². The van der Waals surface area contributed by atoms with Crippen LogP contribution >= 0.6 is 0 Å². The Kier molecular flexibility index (Phi) is 5.31. The maximum absolute atomic E-state index is 12.5. The monoisotopic (exact) mass is 404 g/mol. The lowest BCUT2D eigenvalue weighted by Crippen LogP contribution is -2.24. The van der Waals surface area contributed by atoms with E-state index in [1.807, 2.05) is 48.5 Å². The first-order valence-electron chi connectivity index (χ1n) is 9.72. The quantitative estimate of drug-likeness (QED) is 0.625. The molecule has 0 bridgehead atoms. The number of benzene rings is 3. The molecule has 3 aromatic carbocycles. The van der Waals surface area contributed by atoms with Crippen LogP contribution in [-0.2, 0) is 4.79 Å². The van der Waals surface area contributed by atoms with Crippen molar-refractivity contribution < 1.29 is 19.0 Å². The Balaban J connectivity index is 1.81. The van der Waals surface area contributed by atoms with E-state index in [2.05, 4.69) is 11.2 Å². The lowest BCUT2D eigenvalue weighted by Gasteiger charge is -2.23. The average Bonchev–Trinajstić information content (AvgIpc) is 3.23. The third-order valence-corrected chi connectivity index (χ3v) is 5.42. The van der Waals surface area contributed by atoms with Crippen molar-refractivity contribution in [2.75, 3.05) is 21.3 Å². The standard InChI is InChI=1S/C24H24N2O4/c1-15(27)26-22(19-11-9-16-7-5-6-8-18(16)24(19)30-4)14-21(25-26)20-13-17(28-2)10-12-23(20)29-3/h5-13,22H,14H2,1-4H3. The van der Waals surface area contributed by atoms with E-state index < -0.39 is 0 Å². The van der Waals surface area contributed by atoms with Crippen LogP contribution in [0.15, 0.2) is 59.7 Å². The zero-order chi connectivity index (χ0) is 21.3. The fourth-order valence-electron chi connectivity index (χ4n) is 4.00. The van der Waals surface area contributed by atoms with Gasteiger partial charge in [-0.1, -0.05) is 36.4 Å². The summed E-state index contributed by atoms with van der Waals surface area (Å²) in [6.45, 7) is 1.52. The molecule has 0 saturated carbocycles. The molecule has 30 heavy (non-hydrogen) atoms. The molecule has 1 amide bonds. The minimum Gasteiger partial charge on any atom is -0.497 e. The third-order valence-electron chi connectivity index (χ3n) is 5.42. The predicted octanol–water partition coefficient (Wildman–Crippen LogP) is 4.56.